The first kappa shape index (κ1) is 17.8. The van der Waals surface area contributed by atoms with E-state index in [0.29, 0.717) is 32.5 Å². The molecule has 0 spiro atoms. The highest BCUT2D eigenvalue weighted by Crippen LogP contribution is 2.24. The summed E-state index contributed by atoms with van der Waals surface area (Å²) < 4.78 is 4.82. The van der Waals surface area contributed by atoms with Crippen molar-refractivity contribution in [2.45, 2.75) is 45.4 Å². The second kappa shape index (κ2) is 8.31. The fourth-order valence-corrected chi connectivity index (χ4v) is 3.52. The Bertz CT molecular complexity index is 452. The zero-order valence-electron chi connectivity index (χ0n) is 14.3. The van der Waals surface area contributed by atoms with Gasteiger partial charge in [-0.3, -0.25) is 14.4 Å². The molecular weight excluding hydrogens is 296 g/mol. The minimum atomic E-state index is -0.191. The predicted molar refractivity (Wildman–Crippen MR) is 85.5 cm³/mol. The van der Waals surface area contributed by atoms with Crippen LogP contribution in [-0.4, -0.2) is 60.9 Å². The highest BCUT2D eigenvalue weighted by Gasteiger charge is 2.34. The average molecular weight is 324 g/mol. The number of likely N-dealkylation sites (tertiary alicyclic amines) is 2. The molecule has 0 unspecified atom stereocenters. The van der Waals surface area contributed by atoms with Crippen molar-refractivity contribution in [3.05, 3.63) is 0 Å². The summed E-state index contributed by atoms with van der Waals surface area (Å²) in [5, 5.41) is 0. The third-order valence-corrected chi connectivity index (χ3v) is 5.01. The van der Waals surface area contributed by atoms with Gasteiger partial charge in [-0.05, 0) is 25.2 Å². The fraction of sp³-hybridized carbons (Fsp3) is 0.824. The van der Waals surface area contributed by atoms with Gasteiger partial charge in [0.25, 0.3) is 0 Å². The number of carbonyl (C=O) groups excluding carboxylic acids is 3. The van der Waals surface area contributed by atoms with Crippen LogP contribution in [0.4, 0.5) is 0 Å². The third-order valence-electron chi connectivity index (χ3n) is 5.01. The maximum absolute atomic E-state index is 12.5. The van der Waals surface area contributed by atoms with Crippen LogP contribution in [0.15, 0.2) is 0 Å². The van der Waals surface area contributed by atoms with E-state index < -0.39 is 0 Å². The van der Waals surface area contributed by atoms with Crippen molar-refractivity contribution in [1.82, 2.24) is 9.80 Å². The van der Waals surface area contributed by atoms with Crippen molar-refractivity contribution in [3.63, 3.8) is 0 Å². The summed E-state index contributed by atoms with van der Waals surface area (Å²) in [5.74, 6) is -0.149. The summed E-state index contributed by atoms with van der Waals surface area (Å²) in [6.45, 7) is 3.95. The Morgan fingerprint density at radius 2 is 1.91 bits per heavy atom. The van der Waals surface area contributed by atoms with E-state index in [9.17, 15) is 14.4 Å². The molecule has 0 bridgehead atoms. The molecule has 0 aromatic rings. The first-order valence-corrected chi connectivity index (χ1v) is 8.66. The molecule has 130 valence electrons. The summed E-state index contributed by atoms with van der Waals surface area (Å²) in [4.78, 5) is 39.8. The number of hydrogen-bond acceptors (Lipinski definition) is 4. The predicted octanol–water partition coefficient (Wildman–Crippen LogP) is 1.44. The Kier molecular flexibility index (Phi) is 6.42. The largest absolute Gasteiger partial charge is 0.469 e. The molecule has 2 aliphatic rings. The molecule has 2 aliphatic heterocycles. The van der Waals surface area contributed by atoms with Crippen LogP contribution < -0.4 is 0 Å². The first-order valence-electron chi connectivity index (χ1n) is 8.66. The molecular formula is C17H28N2O4. The summed E-state index contributed by atoms with van der Waals surface area (Å²) >= 11 is 0. The van der Waals surface area contributed by atoms with Crippen molar-refractivity contribution >= 4 is 17.8 Å². The molecule has 0 saturated carbocycles. The third kappa shape index (κ3) is 4.69. The molecule has 2 atom stereocenters. The molecule has 0 N–H and O–H groups in total. The summed E-state index contributed by atoms with van der Waals surface area (Å²) in [6.07, 6.45) is 5.30. The van der Waals surface area contributed by atoms with Crippen LogP contribution in [0.1, 0.15) is 45.4 Å². The molecule has 6 nitrogen and oxygen atoms in total. The lowest BCUT2D eigenvalue weighted by Crippen LogP contribution is -2.49. The Balaban J connectivity index is 1.88. The molecule has 0 radical (unpaired) electrons. The summed E-state index contributed by atoms with van der Waals surface area (Å²) in [6, 6.07) is 0. The maximum atomic E-state index is 12.5. The Morgan fingerprint density at radius 3 is 2.61 bits per heavy atom. The molecule has 0 aromatic heterocycles. The van der Waals surface area contributed by atoms with E-state index in [0.717, 1.165) is 25.7 Å². The van der Waals surface area contributed by atoms with Gasteiger partial charge in [0.05, 0.1) is 19.6 Å². The summed E-state index contributed by atoms with van der Waals surface area (Å²) in [5.41, 5.74) is 0. The highest BCUT2D eigenvalue weighted by atomic mass is 16.5. The topological polar surface area (TPSA) is 66.9 Å². The van der Waals surface area contributed by atoms with Gasteiger partial charge < -0.3 is 14.5 Å². The molecule has 2 heterocycles. The average Bonchev–Trinajstić information content (AvgIpc) is 2.53. The second-order valence-corrected chi connectivity index (χ2v) is 6.71. The standard InChI is InChI=1S/C17H28N2O4/c1-13-11-19(10-8-14(13)17(22)23-2)16(21)12-18-9-6-4-3-5-7-15(18)20/h13-14H,3-12H2,1-2H3/t13-,14-/m1/s1. The van der Waals surface area contributed by atoms with Crippen LogP contribution in [0.25, 0.3) is 0 Å². The summed E-state index contributed by atoms with van der Waals surface area (Å²) in [7, 11) is 1.40. The van der Waals surface area contributed by atoms with E-state index in [2.05, 4.69) is 0 Å². The van der Waals surface area contributed by atoms with Gasteiger partial charge >= 0.3 is 5.97 Å². The molecule has 2 saturated heterocycles. The van der Waals surface area contributed by atoms with Gasteiger partial charge in [0.1, 0.15) is 0 Å². The number of hydrogen-bond donors (Lipinski definition) is 0. The minimum absolute atomic E-state index is 0.00547. The smallest absolute Gasteiger partial charge is 0.309 e. The number of amides is 2. The van der Waals surface area contributed by atoms with E-state index >= 15 is 0 Å². The fourth-order valence-electron chi connectivity index (χ4n) is 3.52. The number of methoxy groups -OCH3 is 1. The van der Waals surface area contributed by atoms with Crippen molar-refractivity contribution in [3.8, 4) is 0 Å². The van der Waals surface area contributed by atoms with E-state index in [1.807, 2.05) is 6.92 Å². The monoisotopic (exact) mass is 324 g/mol. The lowest BCUT2D eigenvalue weighted by atomic mass is 9.87. The number of ether oxygens (including phenoxy) is 1. The number of carbonyl (C=O) groups is 3. The second-order valence-electron chi connectivity index (χ2n) is 6.71. The Labute approximate surface area is 138 Å². The van der Waals surface area contributed by atoms with Crippen molar-refractivity contribution in [1.29, 1.82) is 0 Å². The van der Waals surface area contributed by atoms with Gasteiger partial charge in [0.2, 0.25) is 11.8 Å². The lowest BCUT2D eigenvalue weighted by molar-refractivity contribution is -0.152. The SMILES string of the molecule is COC(=O)[C@@H]1CCN(C(=O)CN2CCCCCCC2=O)C[C@H]1C. The zero-order valence-corrected chi connectivity index (χ0v) is 14.3. The molecule has 23 heavy (non-hydrogen) atoms. The van der Waals surface area contributed by atoms with Crippen LogP contribution in [0.3, 0.4) is 0 Å². The molecule has 6 heteroatoms. The van der Waals surface area contributed by atoms with Crippen LogP contribution in [0, 0.1) is 11.8 Å². The van der Waals surface area contributed by atoms with Gasteiger partial charge in [-0.1, -0.05) is 19.8 Å². The Hall–Kier alpha value is -1.59. The zero-order chi connectivity index (χ0) is 16.8. The molecule has 2 rings (SSSR count). The molecule has 2 amide bonds. The normalized spacial score (nSPS) is 26.4. The number of esters is 1. The van der Waals surface area contributed by atoms with Crippen molar-refractivity contribution in [2.75, 3.05) is 33.3 Å². The number of rotatable bonds is 3. The molecule has 0 aromatic carbocycles. The highest BCUT2D eigenvalue weighted by molar-refractivity contribution is 5.85. The van der Waals surface area contributed by atoms with E-state index in [-0.39, 0.29) is 36.2 Å². The van der Waals surface area contributed by atoms with Crippen LogP contribution in [-0.2, 0) is 19.1 Å². The maximum Gasteiger partial charge on any atom is 0.309 e. The lowest BCUT2D eigenvalue weighted by Gasteiger charge is -2.36. The van der Waals surface area contributed by atoms with E-state index in [1.165, 1.54) is 7.11 Å². The van der Waals surface area contributed by atoms with Crippen molar-refractivity contribution in [2.24, 2.45) is 11.8 Å². The van der Waals surface area contributed by atoms with Gasteiger partial charge in [-0.15, -0.1) is 0 Å². The molecule has 0 aliphatic carbocycles. The van der Waals surface area contributed by atoms with Gasteiger partial charge in [0.15, 0.2) is 0 Å². The molecule has 2 fully saturated rings. The van der Waals surface area contributed by atoms with Crippen LogP contribution in [0.2, 0.25) is 0 Å². The van der Waals surface area contributed by atoms with Gasteiger partial charge in [-0.25, -0.2) is 0 Å². The number of nitrogens with zero attached hydrogens (tertiary/aromatic N) is 2. The van der Waals surface area contributed by atoms with Gasteiger partial charge in [0, 0.05) is 26.1 Å². The van der Waals surface area contributed by atoms with Gasteiger partial charge in [-0.2, -0.15) is 0 Å². The van der Waals surface area contributed by atoms with Crippen molar-refractivity contribution < 1.29 is 19.1 Å². The van der Waals surface area contributed by atoms with Crippen LogP contribution in [0.5, 0.6) is 0 Å². The quantitative estimate of drug-likeness (QED) is 0.737. The van der Waals surface area contributed by atoms with E-state index in [4.69, 9.17) is 4.74 Å². The first-order chi connectivity index (χ1) is 11.0. The number of piperidine rings is 1. The Morgan fingerprint density at radius 1 is 1.17 bits per heavy atom. The van der Waals surface area contributed by atoms with Crippen LogP contribution >= 0.6 is 0 Å². The minimum Gasteiger partial charge on any atom is -0.469 e. The van der Waals surface area contributed by atoms with E-state index in [1.54, 1.807) is 9.80 Å².